The third-order valence-electron chi connectivity index (χ3n) is 3.79. The van der Waals surface area contributed by atoms with E-state index in [4.69, 9.17) is 0 Å². The number of carbonyl (C=O) groups excluding carboxylic acids is 1. The molecule has 0 unspecified atom stereocenters. The minimum absolute atomic E-state index is 0.275. The smallest absolute Gasteiger partial charge is 0.222 e. The Bertz CT molecular complexity index is 510. The molecule has 1 heterocycles. The molecule has 2 rings (SSSR count). The Kier molecular flexibility index (Phi) is 6.25. The van der Waals surface area contributed by atoms with Gasteiger partial charge in [-0.15, -0.1) is 0 Å². The summed E-state index contributed by atoms with van der Waals surface area (Å²) in [7, 11) is 1.78. The van der Waals surface area contributed by atoms with E-state index in [-0.39, 0.29) is 5.91 Å². The molecular formula is C17H26N4O. The largest absolute Gasteiger partial charge is 0.356 e. The molecule has 5 heteroatoms. The molecule has 1 fully saturated rings. The molecule has 1 aromatic carbocycles. The lowest BCUT2D eigenvalue weighted by atomic mass is 10.1. The van der Waals surface area contributed by atoms with Crippen molar-refractivity contribution in [1.82, 2.24) is 15.5 Å². The predicted molar refractivity (Wildman–Crippen MR) is 89.6 cm³/mol. The maximum Gasteiger partial charge on any atom is 0.222 e. The monoisotopic (exact) mass is 302 g/mol. The SMILES string of the molecule is CCCNC(=NC)NCc1ccc(CN2CCCC2=O)cc1. The van der Waals surface area contributed by atoms with Gasteiger partial charge in [0.2, 0.25) is 5.91 Å². The second-order valence-corrected chi connectivity index (χ2v) is 5.59. The fourth-order valence-electron chi connectivity index (χ4n) is 2.50. The second-order valence-electron chi connectivity index (χ2n) is 5.59. The summed E-state index contributed by atoms with van der Waals surface area (Å²) in [5.74, 6) is 1.10. The Morgan fingerprint density at radius 2 is 1.95 bits per heavy atom. The molecule has 1 amide bonds. The quantitative estimate of drug-likeness (QED) is 0.623. The van der Waals surface area contributed by atoms with Gasteiger partial charge in [-0.1, -0.05) is 31.2 Å². The molecule has 120 valence electrons. The topological polar surface area (TPSA) is 56.7 Å². The Morgan fingerprint density at radius 1 is 1.23 bits per heavy atom. The van der Waals surface area contributed by atoms with Crippen LogP contribution in [0.3, 0.4) is 0 Å². The van der Waals surface area contributed by atoms with Crippen molar-refractivity contribution < 1.29 is 4.79 Å². The molecule has 1 saturated heterocycles. The first-order chi connectivity index (χ1) is 10.7. The van der Waals surface area contributed by atoms with Crippen LogP contribution in [0.4, 0.5) is 0 Å². The Hall–Kier alpha value is -2.04. The summed E-state index contributed by atoms with van der Waals surface area (Å²) in [4.78, 5) is 17.8. The maximum atomic E-state index is 11.6. The Morgan fingerprint density at radius 3 is 2.55 bits per heavy atom. The summed E-state index contributed by atoms with van der Waals surface area (Å²) < 4.78 is 0. The first-order valence-corrected chi connectivity index (χ1v) is 8.03. The van der Waals surface area contributed by atoms with Crippen molar-refractivity contribution in [2.24, 2.45) is 4.99 Å². The number of nitrogens with one attached hydrogen (secondary N) is 2. The number of likely N-dealkylation sites (tertiary alicyclic amines) is 1. The summed E-state index contributed by atoms with van der Waals surface area (Å²) in [6.45, 7) is 5.41. The Labute approximate surface area is 132 Å². The molecule has 1 aliphatic heterocycles. The maximum absolute atomic E-state index is 11.6. The van der Waals surface area contributed by atoms with Gasteiger partial charge in [0.15, 0.2) is 5.96 Å². The molecule has 1 aliphatic rings. The second kappa shape index (κ2) is 8.41. The first kappa shape index (κ1) is 16.3. The van der Waals surface area contributed by atoms with Crippen molar-refractivity contribution in [1.29, 1.82) is 0 Å². The number of nitrogens with zero attached hydrogens (tertiary/aromatic N) is 2. The van der Waals surface area contributed by atoms with Crippen LogP contribution in [-0.2, 0) is 17.9 Å². The molecular weight excluding hydrogens is 276 g/mol. The minimum atomic E-state index is 0.275. The van der Waals surface area contributed by atoms with E-state index < -0.39 is 0 Å². The van der Waals surface area contributed by atoms with Crippen LogP contribution >= 0.6 is 0 Å². The van der Waals surface area contributed by atoms with E-state index in [1.165, 1.54) is 11.1 Å². The van der Waals surface area contributed by atoms with E-state index in [1.807, 2.05) is 4.90 Å². The van der Waals surface area contributed by atoms with Crippen molar-refractivity contribution in [3.8, 4) is 0 Å². The van der Waals surface area contributed by atoms with E-state index in [1.54, 1.807) is 7.05 Å². The molecule has 5 nitrogen and oxygen atoms in total. The van der Waals surface area contributed by atoms with Gasteiger partial charge >= 0.3 is 0 Å². The molecule has 22 heavy (non-hydrogen) atoms. The molecule has 1 aromatic rings. The number of aliphatic imine (C=N–C) groups is 1. The number of carbonyl (C=O) groups is 1. The molecule has 0 aromatic heterocycles. The predicted octanol–water partition coefficient (Wildman–Crippen LogP) is 1.88. The lowest BCUT2D eigenvalue weighted by Crippen LogP contribution is -2.37. The highest BCUT2D eigenvalue weighted by atomic mass is 16.2. The van der Waals surface area contributed by atoms with Crippen molar-refractivity contribution in [2.75, 3.05) is 20.1 Å². The third-order valence-corrected chi connectivity index (χ3v) is 3.79. The lowest BCUT2D eigenvalue weighted by Gasteiger charge is -2.16. The van der Waals surface area contributed by atoms with Crippen molar-refractivity contribution in [3.63, 3.8) is 0 Å². The van der Waals surface area contributed by atoms with Gasteiger partial charge in [-0.05, 0) is 24.0 Å². The van der Waals surface area contributed by atoms with E-state index in [0.717, 1.165) is 45.0 Å². The van der Waals surface area contributed by atoms with Gasteiger partial charge in [-0.3, -0.25) is 9.79 Å². The van der Waals surface area contributed by atoms with Crippen LogP contribution in [0.25, 0.3) is 0 Å². The third kappa shape index (κ3) is 4.76. The first-order valence-electron chi connectivity index (χ1n) is 8.03. The normalized spacial score (nSPS) is 15.3. The number of rotatable bonds is 6. The number of hydrogen-bond acceptors (Lipinski definition) is 2. The Balaban J connectivity index is 1.82. The zero-order valence-corrected chi connectivity index (χ0v) is 13.6. The summed E-state index contributed by atoms with van der Waals surface area (Å²) >= 11 is 0. The van der Waals surface area contributed by atoms with Crippen LogP contribution in [0.1, 0.15) is 37.3 Å². The van der Waals surface area contributed by atoms with Crippen LogP contribution in [0.2, 0.25) is 0 Å². The van der Waals surface area contributed by atoms with E-state index >= 15 is 0 Å². The summed E-state index contributed by atoms with van der Waals surface area (Å²) in [6.07, 6.45) is 2.77. The van der Waals surface area contributed by atoms with Gasteiger partial charge in [0, 0.05) is 39.6 Å². The summed E-state index contributed by atoms with van der Waals surface area (Å²) in [6, 6.07) is 8.42. The van der Waals surface area contributed by atoms with E-state index in [2.05, 4.69) is 46.8 Å². The highest BCUT2D eigenvalue weighted by molar-refractivity contribution is 5.79. The molecule has 0 bridgehead atoms. The molecule has 0 saturated carbocycles. The van der Waals surface area contributed by atoms with Gasteiger partial charge in [-0.2, -0.15) is 0 Å². The van der Waals surface area contributed by atoms with Crippen molar-refractivity contribution in [2.45, 2.75) is 39.3 Å². The molecule has 0 atom stereocenters. The highest BCUT2D eigenvalue weighted by Gasteiger charge is 2.19. The van der Waals surface area contributed by atoms with E-state index in [9.17, 15) is 4.79 Å². The highest BCUT2D eigenvalue weighted by Crippen LogP contribution is 2.14. The van der Waals surface area contributed by atoms with Crippen molar-refractivity contribution in [3.05, 3.63) is 35.4 Å². The van der Waals surface area contributed by atoms with Gasteiger partial charge in [0.25, 0.3) is 0 Å². The minimum Gasteiger partial charge on any atom is -0.356 e. The molecule has 0 spiro atoms. The van der Waals surface area contributed by atoms with Crippen LogP contribution < -0.4 is 10.6 Å². The van der Waals surface area contributed by atoms with Crippen LogP contribution in [0.15, 0.2) is 29.3 Å². The fourth-order valence-corrected chi connectivity index (χ4v) is 2.50. The van der Waals surface area contributed by atoms with Gasteiger partial charge in [0.05, 0.1) is 0 Å². The number of benzene rings is 1. The average Bonchev–Trinajstić information content (AvgIpc) is 2.94. The fraction of sp³-hybridized carbons (Fsp3) is 0.529. The lowest BCUT2D eigenvalue weighted by molar-refractivity contribution is -0.128. The van der Waals surface area contributed by atoms with Crippen LogP contribution in [0.5, 0.6) is 0 Å². The van der Waals surface area contributed by atoms with Crippen LogP contribution in [-0.4, -0.2) is 36.9 Å². The molecule has 0 radical (unpaired) electrons. The molecule has 2 N–H and O–H groups in total. The van der Waals surface area contributed by atoms with Crippen molar-refractivity contribution >= 4 is 11.9 Å². The number of hydrogen-bond donors (Lipinski definition) is 2. The number of guanidine groups is 1. The molecule has 0 aliphatic carbocycles. The van der Waals surface area contributed by atoms with Gasteiger partial charge in [0.1, 0.15) is 0 Å². The zero-order valence-electron chi connectivity index (χ0n) is 13.6. The van der Waals surface area contributed by atoms with Gasteiger partial charge < -0.3 is 15.5 Å². The average molecular weight is 302 g/mol. The summed E-state index contributed by atoms with van der Waals surface area (Å²) in [5, 5.41) is 6.54. The van der Waals surface area contributed by atoms with E-state index in [0.29, 0.717) is 6.42 Å². The van der Waals surface area contributed by atoms with Crippen LogP contribution in [0, 0.1) is 0 Å². The zero-order chi connectivity index (χ0) is 15.8. The van der Waals surface area contributed by atoms with Gasteiger partial charge in [-0.25, -0.2) is 0 Å². The number of amides is 1. The summed E-state index contributed by atoms with van der Waals surface area (Å²) in [5.41, 5.74) is 2.39. The standard InChI is InChI=1S/C17H26N4O/c1-3-10-19-17(18-2)20-12-14-6-8-15(9-7-14)13-21-11-4-5-16(21)22/h6-9H,3-5,10-13H2,1-2H3,(H2,18,19,20).